The van der Waals surface area contributed by atoms with E-state index in [0.29, 0.717) is 6.04 Å². The molecule has 3 heterocycles. The van der Waals surface area contributed by atoms with Crippen molar-refractivity contribution in [3.05, 3.63) is 41.7 Å². The number of aromatic nitrogens is 5. The summed E-state index contributed by atoms with van der Waals surface area (Å²) in [7, 11) is 0. The van der Waals surface area contributed by atoms with E-state index in [0.717, 1.165) is 48.7 Å². The SMILES string of the molecule is CCn1ncnc1CN1CCC[C@@H]1c1nc2c(C)cccc2[nH]1. The lowest BCUT2D eigenvalue weighted by molar-refractivity contribution is 0.231. The summed E-state index contributed by atoms with van der Waals surface area (Å²) in [5.41, 5.74) is 3.44. The highest BCUT2D eigenvalue weighted by molar-refractivity contribution is 5.78. The lowest BCUT2D eigenvalue weighted by Gasteiger charge is -2.22. The van der Waals surface area contributed by atoms with Crippen LogP contribution in [0.2, 0.25) is 0 Å². The smallest absolute Gasteiger partial charge is 0.141 e. The number of para-hydroxylation sites is 1. The summed E-state index contributed by atoms with van der Waals surface area (Å²) >= 11 is 0. The van der Waals surface area contributed by atoms with Crippen LogP contribution in [-0.4, -0.2) is 36.2 Å². The first kappa shape index (κ1) is 14.4. The fourth-order valence-corrected chi connectivity index (χ4v) is 3.53. The van der Waals surface area contributed by atoms with Gasteiger partial charge in [-0.2, -0.15) is 5.10 Å². The van der Waals surface area contributed by atoms with E-state index in [-0.39, 0.29) is 0 Å². The van der Waals surface area contributed by atoms with E-state index in [9.17, 15) is 0 Å². The molecule has 6 nitrogen and oxygen atoms in total. The fourth-order valence-electron chi connectivity index (χ4n) is 3.53. The van der Waals surface area contributed by atoms with Crippen LogP contribution in [0, 0.1) is 6.92 Å². The normalized spacial score (nSPS) is 19.0. The van der Waals surface area contributed by atoms with Crippen molar-refractivity contribution in [2.45, 2.75) is 45.8 Å². The van der Waals surface area contributed by atoms with Gasteiger partial charge in [-0.1, -0.05) is 12.1 Å². The Morgan fingerprint density at radius 3 is 3.09 bits per heavy atom. The van der Waals surface area contributed by atoms with Crippen LogP contribution in [0.5, 0.6) is 0 Å². The Labute approximate surface area is 135 Å². The summed E-state index contributed by atoms with van der Waals surface area (Å²) in [5, 5.41) is 4.28. The number of nitrogens with zero attached hydrogens (tertiary/aromatic N) is 5. The molecule has 0 saturated carbocycles. The Bertz CT molecular complexity index is 817. The summed E-state index contributed by atoms with van der Waals surface area (Å²) in [4.78, 5) is 15.3. The first-order valence-corrected chi connectivity index (χ1v) is 8.32. The third-order valence-corrected chi connectivity index (χ3v) is 4.75. The monoisotopic (exact) mass is 310 g/mol. The molecule has 23 heavy (non-hydrogen) atoms. The lowest BCUT2D eigenvalue weighted by Crippen LogP contribution is -2.25. The highest BCUT2D eigenvalue weighted by atomic mass is 15.4. The fraction of sp³-hybridized carbons (Fsp3) is 0.471. The first-order valence-electron chi connectivity index (χ1n) is 8.32. The molecule has 1 aliphatic heterocycles. The third kappa shape index (κ3) is 2.53. The number of imidazole rings is 1. The minimum absolute atomic E-state index is 0.337. The van der Waals surface area contributed by atoms with Gasteiger partial charge in [-0.25, -0.2) is 14.6 Å². The Hall–Kier alpha value is -2.21. The molecule has 2 aromatic heterocycles. The van der Waals surface area contributed by atoms with Crippen molar-refractivity contribution < 1.29 is 0 Å². The number of fused-ring (bicyclic) bond motifs is 1. The standard InChI is InChI=1S/C17H22N6/c1-3-23-15(18-11-19-23)10-22-9-5-8-14(22)17-20-13-7-4-6-12(2)16(13)21-17/h4,6-7,11,14H,3,5,8-10H2,1-2H3,(H,20,21)/t14-/m1/s1. The van der Waals surface area contributed by atoms with E-state index in [1.165, 1.54) is 12.0 Å². The van der Waals surface area contributed by atoms with E-state index in [1.807, 2.05) is 4.68 Å². The summed E-state index contributed by atoms with van der Waals surface area (Å²) in [6.45, 7) is 6.98. The number of rotatable bonds is 4. The third-order valence-electron chi connectivity index (χ3n) is 4.75. The zero-order valence-electron chi connectivity index (χ0n) is 13.7. The van der Waals surface area contributed by atoms with Crippen molar-refractivity contribution in [3.63, 3.8) is 0 Å². The van der Waals surface area contributed by atoms with Crippen LogP contribution in [0.4, 0.5) is 0 Å². The molecular formula is C17H22N6. The number of likely N-dealkylation sites (tertiary alicyclic amines) is 1. The molecule has 0 unspecified atom stereocenters. The van der Waals surface area contributed by atoms with Gasteiger partial charge in [-0.15, -0.1) is 0 Å². The van der Waals surface area contributed by atoms with Crippen LogP contribution in [0.15, 0.2) is 24.5 Å². The molecule has 0 amide bonds. The van der Waals surface area contributed by atoms with Crippen molar-refractivity contribution in [1.82, 2.24) is 29.6 Å². The minimum Gasteiger partial charge on any atom is -0.341 e. The van der Waals surface area contributed by atoms with Gasteiger partial charge in [0.1, 0.15) is 18.0 Å². The molecule has 4 rings (SSSR count). The summed E-state index contributed by atoms with van der Waals surface area (Å²) < 4.78 is 1.97. The second kappa shape index (κ2) is 5.77. The molecule has 0 spiro atoms. The number of aryl methyl sites for hydroxylation is 2. The van der Waals surface area contributed by atoms with Gasteiger partial charge >= 0.3 is 0 Å². The van der Waals surface area contributed by atoms with Crippen LogP contribution in [0.3, 0.4) is 0 Å². The van der Waals surface area contributed by atoms with Crippen molar-refractivity contribution in [2.75, 3.05) is 6.54 Å². The van der Waals surface area contributed by atoms with E-state index < -0.39 is 0 Å². The summed E-state index contributed by atoms with van der Waals surface area (Å²) in [5.74, 6) is 2.11. The molecule has 6 heteroatoms. The van der Waals surface area contributed by atoms with E-state index in [4.69, 9.17) is 4.98 Å². The van der Waals surface area contributed by atoms with Gasteiger partial charge in [0.25, 0.3) is 0 Å². The van der Waals surface area contributed by atoms with Crippen molar-refractivity contribution >= 4 is 11.0 Å². The van der Waals surface area contributed by atoms with Crippen molar-refractivity contribution in [2.24, 2.45) is 0 Å². The van der Waals surface area contributed by atoms with Crippen LogP contribution in [0.25, 0.3) is 11.0 Å². The van der Waals surface area contributed by atoms with Crippen LogP contribution in [-0.2, 0) is 13.1 Å². The Morgan fingerprint density at radius 1 is 1.35 bits per heavy atom. The number of benzene rings is 1. The number of hydrogen-bond acceptors (Lipinski definition) is 4. The highest BCUT2D eigenvalue weighted by Crippen LogP contribution is 2.32. The van der Waals surface area contributed by atoms with Gasteiger partial charge in [-0.05, 0) is 44.9 Å². The zero-order chi connectivity index (χ0) is 15.8. The summed E-state index contributed by atoms with van der Waals surface area (Å²) in [6, 6.07) is 6.63. The number of H-pyrrole nitrogens is 1. The predicted octanol–water partition coefficient (Wildman–Crippen LogP) is 2.82. The van der Waals surface area contributed by atoms with Gasteiger partial charge in [0, 0.05) is 6.54 Å². The maximum Gasteiger partial charge on any atom is 0.141 e. The molecule has 1 atom stereocenters. The average Bonchev–Trinajstić information content (AvgIpc) is 3.26. The predicted molar refractivity (Wildman–Crippen MR) is 88.9 cm³/mol. The van der Waals surface area contributed by atoms with Crippen molar-refractivity contribution in [3.8, 4) is 0 Å². The molecule has 1 saturated heterocycles. The van der Waals surface area contributed by atoms with Crippen LogP contribution < -0.4 is 0 Å². The molecule has 1 aromatic carbocycles. The first-order chi connectivity index (χ1) is 11.3. The Balaban J connectivity index is 1.62. The quantitative estimate of drug-likeness (QED) is 0.805. The number of nitrogens with one attached hydrogen (secondary N) is 1. The second-order valence-electron chi connectivity index (χ2n) is 6.21. The number of aromatic amines is 1. The van der Waals surface area contributed by atoms with Gasteiger partial charge in [0.15, 0.2) is 0 Å². The number of hydrogen-bond donors (Lipinski definition) is 1. The van der Waals surface area contributed by atoms with Gasteiger partial charge in [0.2, 0.25) is 0 Å². The lowest BCUT2D eigenvalue weighted by atomic mass is 10.2. The molecule has 1 fully saturated rings. The Kier molecular flexibility index (Phi) is 3.61. The topological polar surface area (TPSA) is 62.6 Å². The molecule has 1 aliphatic rings. The van der Waals surface area contributed by atoms with Crippen molar-refractivity contribution in [1.29, 1.82) is 0 Å². The van der Waals surface area contributed by atoms with E-state index in [1.54, 1.807) is 6.33 Å². The van der Waals surface area contributed by atoms with Crippen LogP contribution >= 0.6 is 0 Å². The average molecular weight is 310 g/mol. The minimum atomic E-state index is 0.337. The van der Waals surface area contributed by atoms with Crippen LogP contribution in [0.1, 0.15) is 43.0 Å². The maximum atomic E-state index is 4.88. The maximum absolute atomic E-state index is 4.88. The largest absolute Gasteiger partial charge is 0.341 e. The zero-order valence-corrected chi connectivity index (χ0v) is 13.7. The van der Waals surface area contributed by atoms with E-state index in [2.05, 4.69) is 52.0 Å². The molecule has 3 aromatic rings. The summed E-state index contributed by atoms with van der Waals surface area (Å²) in [6.07, 6.45) is 3.98. The highest BCUT2D eigenvalue weighted by Gasteiger charge is 2.29. The molecular weight excluding hydrogens is 288 g/mol. The molecule has 120 valence electrons. The molecule has 1 N–H and O–H groups in total. The van der Waals surface area contributed by atoms with Gasteiger partial charge in [0.05, 0.1) is 23.6 Å². The molecule has 0 radical (unpaired) electrons. The molecule has 0 bridgehead atoms. The second-order valence-corrected chi connectivity index (χ2v) is 6.21. The van der Waals surface area contributed by atoms with E-state index >= 15 is 0 Å². The van der Waals surface area contributed by atoms with Gasteiger partial charge < -0.3 is 4.98 Å². The van der Waals surface area contributed by atoms with Gasteiger partial charge in [-0.3, -0.25) is 4.90 Å². The Morgan fingerprint density at radius 2 is 2.26 bits per heavy atom. The molecule has 0 aliphatic carbocycles.